The molecule has 3 rings (SSSR count). The molecule has 1 aliphatic carbocycles. The van der Waals surface area contributed by atoms with E-state index in [-0.39, 0.29) is 5.04 Å². The Kier molecular flexibility index (Phi) is 7.22. The molecule has 0 saturated carbocycles. The van der Waals surface area contributed by atoms with Crippen LogP contribution in [0.5, 0.6) is 0 Å². The molecule has 0 fully saturated rings. The van der Waals surface area contributed by atoms with Crippen molar-refractivity contribution in [1.29, 1.82) is 0 Å². The van der Waals surface area contributed by atoms with Gasteiger partial charge in [-0.15, -0.1) is 0 Å². The second kappa shape index (κ2) is 8.87. The summed E-state index contributed by atoms with van der Waals surface area (Å²) in [6.07, 6.45) is 0. The van der Waals surface area contributed by atoms with Gasteiger partial charge in [0, 0.05) is 0 Å². The van der Waals surface area contributed by atoms with E-state index in [1.807, 2.05) is 3.88 Å². The molecule has 34 heavy (non-hydrogen) atoms. The minimum absolute atomic E-state index is 0.0997. The zero-order chi connectivity index (χ0) is 26.0. The first-order valence-electron chi connectivity index (χ1n) is 13.0. The SMILES string of the molecule is CC1=C(C)C(C)([Si](C)(c2cc(C)cc([Si](C)(C)C)c2)c2cc(C)ccc2C)[C]([Ti]([CH3])([CH3])[CH3])=C1C. The van der Waals surface area contributed by atoms with Gasteiger partial charge in [0.2, 0.25) is 0 Å². The van der Waals surface area contributed by atoms with E-state index in [4.69, 9.17) is 0 Å². The average Bonchev–Trinajstić information content (AvgIpc) is 2.89. The van der Waals surface area contributed by atoms with E-state index in [0.29, 0.717) is 0 Å². The summed E-state index contributed by atoms with van der Waals surface area (Å²) in [5.74, 6) is 0. The summed E-state index contributed by atoms with van der Waals surface area (Å²) in [7, 11) is -3.73. The van der Waals surface area contributed by atoms with Gasteiger partial charge in [-0.1, -0.05) is 0 Å². The fourth-order valence-corrected chi connectivity index (χ4v) is 21.0. The molecule has 2 unspecified atom stereocenters. The molecule has 184 valence electrons. The quantitative estimate of drug-likeness (QED) is 0.347. The van der Waals surface area contributed by atoms with Crippen molar-refractivity contribution in [1.82, 2.24) is 0 Å². The summed E-state index contributed by atoms with van der Waals surface area (Å²) in [5.41, 5.74) is 9.07. The van der Waals surface area contributed by atoms with E-state index in [9.17, 15) is 0 Å². The van der Waals surface area contributed by atoms with Gasteiger partial charge in [-0.05, 0) is 0 Å². The van der Waals surface area contributed by atoms with Crippen LogP contribution in [0.2, 0.25) is 46.9 Å². The van der Waals surface area contributed by atoms with Gasteiger partial charge >= 0.3 is 217 Å². The number of benzene rings is 2. The topological polar surface area (TPSA) is 0 Å². The number of rotatable bonds is 5. The first kappa shape index (κ1) is 27.7. The standard InChI is InChI=1S/C28H39Si2.3CH3.Ti/c1-19-12-13-21(3)27(16-19)30(11,28(7)18-22(4)23(5)24(28)6)26-15-20(2)14-25(17-26)29(8,9)10;;;;/h12-17H,1-11H3;3*1H3;. The number of allylic oxidation sites excluding steroid dienone is 4. The van der Waals surface area contributed by atoms with Crippen molar-refractivity contribution in [2.75, 3.05) is 0 Å². The summed E-state index contributed by atoms with van der Waals surface area (Å²) in [4.78, 5) is 0. The molecular formula is C31H48Si2Ti. The van der Waals surface area contributed by atoms with Crippen LogP contribution in [0.3, 0.4) is 0 Å². The summed E-state index contributed by atoms with van der Waals surface area (Å²) in [6.45, 7) is 27.1. The Morgan fingerprint density at radius 2 is 1.24 bits per heavy atom. The first-order valence-corrected chi connectivity index (χ1v) is 24.4. The molecule has 0 radical (unpaired) electrons. The van der Waals surface area contributed by atoms with E-state index in [0.717, 1.165) is 0 Å². The molecule has 3 heteroatoms. The minimum atomic E-state index is -2.28. The van der Waals surface area contributed by atoms with Crippen molar-refractivity contribution >= 4 is 31.7 Å². The van der Waals surface area contributed by atoms with Gasteiger partial charge in [0.25, 0.3) is 0 Å². The van der Waals surface area contributed by atoms with Gasteiger partial charge in [-0.3, -0.25) is 0 Å². The van der Waals surface area contributed by atoms with Crippen LogP contribution >= 0.6 is 0 Å². The molecule has 0 aromatic heterocycles. The first-order chi connectivity index (χ1) is 15.4. The van der Waals surface area contributed by atoms with E-state index >= 15 is 0 Å². The Hall–Kier alpha value is -0.932. The van der Waals surface area contributed by atoms with Crippen molar-refractivity contribution < 1.29 is 16.6 Å². The number of hydrogen-bond donors (Lipinski definition) is 0. The monoisotopic (exact) mass is 524 g/mol. The Bertz CT molecular complexity index is 1200. The molecule has 0 nitrogen and oxygen atoms in total. The van der Waals surface area contributed by atoms with E-state index in [1.54, 1.807) is 32.3 Å². The summed E-state index contributed by atoms with van der Waals surface area (Å²) < 4.78 is 1.84. The van der Waals surface area contributed by atoms with E-state index in [2.05, 4.69) is 127 Å². The Morgan fingerprint density at radius 1 is 0.676 bits per heavy atom. The molecule has 2 aromatic rings. The Morgan fingerprint density at radius 3 is 1.76 bits per heavy atom. The molecule has 1 aliphatic rings. The van der Waals surface area contributed by atoms with Gasteiger partial charge in [0.1, 0.15) is 0 Å². The van der Waals surface area contributed by atoms with Gasteiger partial charge < -0.3 is 0 Å². The van der Waals surface area contributed by atoms with Crippen molar-refractivity contribution in [3.8, 4) is 0 Å². The second-order valence-corrected chi connectivity index (χ2v) is 30.7. The average molecular weight is 525 g/mol. The van der Waals surface area contributed by atoms with Crippen LogP contribution in [0.15, 0.2) is 57.0 Å². The van der Waals surface area contributed by atoms with Gasteiger partial charge in [-0.25, -0.2) is 0 Å². The summed E-state index contributed by atoms with van der Waals surface area (Å²) in [5, 5.41) is 12.8. The molecule has 0 N–H and O–H groups in total. The zero-order valence-electron chi connectivity index (χ0n) is 24.5. The molecule has 2 atom stereocenters. The van der Waals surface area contributed by atoms with Gasteiger partial charge in [0.15, 0.2) is 0 Å². The molecule has 0 spiro atoms. The maximum atomic E-state index is 2.71. The zero-order valence-corrected chi connectivity index (χ0v) is 28.0. The molecule has 0 aliphatic heterocycles. The molecule has 0 saturated heterocycles. The van der Waals surface area contributed by atoms with Gasteiger partial charge in [-0.2, -0.15) is 0 Å². The third kappa shape index (κ3) is 4.27. The van der Waals surface area contributed by atoms with Crippen LogP contribution in [0.25, 0.3) is 0 Å². The van der Waals surface area contributed by atoms with Crippen LogP contribution in [0.1, 0.15) is 44.4 Å². The van der Waals surface area contributed by atoms with Crippen molar-refractivity contribution in [3.63, 3.8) is 0 Å². The molecular weight excluding hydrogens is 476 g/mol. The van der Waals surface area contributed by atoms with Crippen molar-refractivity contribution in [3.05, 3.63) is 73.7 Å². The van der Waals surface area contributed by atoms with Crippen molar-refractivity contribution in [2.45, 2.75) is 95.4 Å². The van der Waals surface area contributed by atoms with Crippen LogP contribution < -0.4 is 15.6 Å². The molecule has 0 bridgehead atoms. The normalized spacial score (nSPS) is 21.4. The summed E-state index contributed by atoms with van der Waals surface area (Å²) >= 11 is -2.19. The fourth-order valence-electron chi connectivity index (χ4n) is 6.84. The Labute approximate surface area is 216 Å². The third-order valence-corrected chi connectivity index (χ3v) is 20.8. The molecule has 2 aromatic carbocycles. The molecule has 0 heterocycles. The van der Waals surface area contributed by atoms with E-state index in [1.165, 1.54) is 16.7 Å². The van der Waals surface area contributed by atoms with Crippen LogP contribution in [-0.2, 0) is 16.6 Å². The summed E-state index contributed by atoms with van der Waals surface area (Å²) in [6, 6.07) is 14.9. The van der Waals surface area contributed by atoms with Crippen molar-refractivity contribution in [2.24, 2.45) is 0 Å². The van der Waals surface area contributed by atoms with Crippen LogP contribution in [0, 0.1) is 20.8 Å². The predicted molar refractivity (Wildman–Crippen MR) is 158 cm³/mol. The van der Waals surface area contributed by atoms with Crippen LogP contribution in [0.4, 0.5) is 0 Å². The Balaban J connectivity index is 2.57. The number of hydrogen-bond acceptors (Lipinski definition) is 0. The molecule has 0 amide bonds. The van der Waals surface area contributed by atoms with Gasteiger partial charge in [0.05, 0.1) is 0 Å². The maximum absolute atomic E-state index is 2.71. The fraction of sp³-hybridized carbons (Fsp3) is 0.484. The number of aryl methyl sites for hydroxylation is 3. The second-order valence-electron chi connectivity index (χ2n) is 13.4. The predicted octanol–water partition coefficient (Wildman–Crippen LogP) is 8.03. The third-order valence-electron chi connectivity index (χ3n) is 8.95. The van der Waals surface area contributed by atoms with Crippen LogP contribution in [-0.4, -0.2) is 16.1 Å². The van der Waals surface area contributed by atoms with E-state index < -0.39 is 32.7 Å².